The van der Waals surface area contributed by atoms with Crippen molar-refractivity contribution in [3.05, 3.63) is 35.9 Å². The van der Waals surface area contributed by atoms with Crippen molar-refractivity contribution in [2.24, 2.45) is 5.73 Å². The highest BCUT2D eigenvalue weighted by molar-refractivity contribution is 5.76. The second-order valence-electron chi connectivity index (χ2n) is 6.21. The van der Waals surface area contributed by atoms with Crippen molar-refractivity contribution in [3.8, 4) is 0 Å². The molecule has 0 spiro atoms. The summed E-state index contributed by atoms with van der Waals surface area (Å²) in [6, 6.07) is 10.4. The Kier molecular flexibility index (Phi) is 6.24. The second kappa shape index (κ2) is 8.18. The summed E-state index contributed by atoms with van der Waals surface area (Å²) in [6.07, 6.45) is 8.73. The molecular weight excluding hydrogens is 260 g/mol. The Bertz CT molecular complexity index is 424. The summed E-state index contributed by atoms with van der Waals surface area (Å²) < 4.78 is 0. The maximum absolute atomic E-state index is 12.4. The maximum atomic E-state index is 12.4. The van der Waals surface area contributed by atoms with Gasteiger partial charge in [-0.15, -0.1) is 0 Å². The van der Waals surface area contributed by atoms with Crippen LogP contribution in [0.15, 0.2) is 30.3 Å². The number of nitrogens with two attached hydrogens (primary N) is 1. The van der Waals surface area contributed by atoms with Gasteiger partial charge in [-0.1, -0.05) is 56.0 Å². The van der Waals surface area contributed by atoms with E-state index in [0.717, 1.165) is 24.8 Å². The van der Waals surface area contributed by atoms with E-state index in [2.05, 4.69) is 0 Å². The van der Waals surface area contributed by atoms with Gasteiger partial charge in [0.25, 0.3) is 0 Å². The van der Waals surface area contributed by atoms with E-state index in [-0.39, 0.29) is 11.9 Å². The third-order valence-corrected chi connectivity index (χ3v) is 4.66. The molecule has 1 amide bonds. The number of hydrogen-bond acceptors (Lipinski definition) is 2. The summed E-state index contributed by atoms with van der Waals surface area (Å²) in [4.78, 5) is 14.3. The smallest absolute Gasteiger partial charge is 0.222 e. The summed E-state index contributed by atoms with van der Waals surface area (Å²) in [5, 5.41) is 0. The number of benzene rings is 1. The Hall–Kier alpha value is -1.35. The average Bonchev–Trinajstić information content (AvgIpc) is 2.81. The number of carbonyl (C=O) groups excluding carboxylic acids is 1. The first-order chi connectivity index (χ1) is 10.2. The fourth-order valence-electron chi connectivity index (χ4n) is 3.17. The van der Waals surface area contributed by atoms with Crippen molar-refractivity contribution in [2.75, 3.05) is 7.05 Å². The second-order valence-corrected chi connectivity index (χ2v) is 6.21. The summed E-state index contributed by atoms with van der Waals surface area (Å²) in [5.74, 6) is 0.244. The standard InChI is InChI=1S/C18H28N2O/c1-20(16-11-7-2-3-8-12-16)18(21)14-13-17(19)15-9-5-4-6-10-15/h4-6,9-10,16-17H,2-3,7-8,11-14,19H2,1H3. The molecule has 2 rings (SSSR count). The molecule has 1 atom stereocenters. The Morgan fingerprint density at radius 3 is 2.43 bits per heavy atom. The first-order valence-electron chi connectivity index (χ1n) is 8.24. The monoisotopic (exact) mass is 288 g/mol. The van der Waals surface area contributed by atoms with Crippen LogP contribution in [0, 0.1) is 0 Å². The first-order valence-corrected chi connectivity index (χ1v) is 8.24. The highest BCUT2D eigenvalue weighted by atomic mass is 16.2. The molecular formula is C18H28N2O. The van der Waals surface area contributed by atoms with Crippen LogP contribution in [-0.2, 0) is 4.79 Å². The lowest BCUT2D eigenvalue weighted by Gasteiger charge is -2.27. The fraction of sp³-hybridized carbons (Fsp3) is 0.611. The van der Waals surface area contributed by atoms with Gasteiger partial charge in [-0.25, -0.2) is 0 Å². The molecule has 116 valence electrons. The normalized spacial score (nSPS) is 18.0. The Labute approximate surface area is 128 Å². The molecule has 1 aliphatic rings. The van der Waals surface area contributed by atoms with Gasteiger partial charge in [-0.2, -0.15) is 0 Å². The minimum atomic E-state index is -0.0438. The van der Waals surface area contributed by atoms with E-state index < -0.39 is 0 Å². The molecule has 1 unspecified atom stereocenters. The Balaban J connectivity index is 1.80. The van der Waals surface area contributed by atoms with Crippen molar-refractivity contribution >= 4 is 5.91 Å². The van der Waals surface area contributed by atoms with E-state index in [4.69, 9.17) is 5.73 Å². The van der Waals surface area contributed by atoms with Crippen LogP contribution in [-0.4, -0.2) is 23.9 Å². The lowest BCUT2D eigenvalue weighted by molar-refractivity contribution is -0.132. The number of nitrogens with zero attached hydrogens (tertiary/aromatic N) is 1. The Morgan fingerprint density at radius 1 is 1.19 bits per heavy atom. The van der Waals surface area contributed by atoms with Gasteiger partial charge in [0, 0.05) is 25.6 Å². The summed E-state index contributed by atoms with van der Waals surface area (Å²) in [6.45, 7) is 0. The van der Waals surface area contributed by atoms with Crippen LogP contribution in [0.4, 0.5) is 0 Å². The first kappa shape index (κ1) is 16.0. The van der Waals surface area contributed by atoms with E-state index in [9.17, 15) is 4.79 Å². The summed E-state index contributed by atoms with van der Waals surface area (Å²) >= 11 is 0. The molecule has 0 heterocycles. The van der Waals surface area contributed by atoms with E-state index >= 15 is 0 Å². The highest BCUT2D eigenvalue weighted by Gasteiger charge is 2.21. The number of hydrogen-bond donors (Lipinski definition) is 1. The lowest BCUT2D eigenvalue weighted by Crippen LogP contribution is -2.37. The van der Waals surface area contributed by atoms with Gasteiger partial charge >= 0.3 is 0 Å². The predicted octanol–water partition coefficient (Wildman–Crippen LogP) is 3.65. The van der Waals surface area contributed by atoms with Gasteiger partial charge in [-0.05, 0) is 24.8 Å². The molecule has 0 saturated heterocycles. The predicted molar refractivity (Wildman–Crippen MR) is 86.9 cm³/mol. The van der Waals surface area contributed by atoms with Crippen molar-refractivity contribution in [3.63, 3.8) is 0 Å². The van der Waals surface area contributed by atoms with Crippen molar-refractivity contribution in [2.45, 2.75) is 63.5 Å². The zero-order valence-electron chi connectivity index (χ0n) is 13.1. The molecule has 1 fully saturated rings. The topological polar surface area (TPSA) is 46.3 Å². The number of carbonyl (C=O) groups is 1. The molecule has 0 radical (unpaired) electrons. The zero-order chi connectivity index (χ0) is 15.1. The fourth-order valence-corrected chi connectivity index (χ4v) is 3.17. The molecule has 1 aromatic rings. The van der Waals surface area contributed by atoms with Gasteiger partial charge in [0.15, 0.2) is 0 Å². The average molecular weight is 288 g/mol. The zero-order valence-corrected chi connectivity index (χ0v) is 13.1. The van der Waals surface area contributed by atoms with Crippen LogP contribution in [0.2, 0.25) is 0 Å². The van der Waals surface area contributed by atoms with Crippen LogP contribution in [0.25, 0.3) is 0 Å². The van der Waals surface area contributed by atoms with E-state index in [0.29, 0.717) is 12.5 Å². The van der Waals surface area contributed by atoms with Gasteiger partial charge in [0.2, 0.25) is 5.91 Å². The number of rotatable bonds is 5. The van der Waals surface area contributed by atoms with Crippen LogP contribution in [0.5, 0.6) is 0 Å². The van der Waals surface area contributed by atoms with E-state index in [1.807, 2.05) is 42.3 Å². The summed E-state index contributed by atoms with van der Waals surface area (Å²) in [5.41, 5.74) is 7.29. The van der Waals surface area contributed by atoms with E-state index in [1.165, 1.54) is 25.7 Å². The minimum Gasteiger partial charge on any atom is -0.343 e. The molecule has 1 aliphatic carbocycles. The van der Waals surface area contributed by atoms with Crippen molar-refractivity contribution in [1.29, 1.82) is 0 Å². The molecule has 3 heteroatoms. The quantitative estimate of drug-likeness (QED) is 0.841. The molecule has 0 aliphatic heterocycles. The van der Waals surface area contributed by atoms with Crippen molar-refractivity contribution < 1.29 is 4.79 Å². The molecule has 2 N–H and O–H groups in total. The highest BCUT2D eigenvalue weighted by Crippen LogP contribution is 2.22. The van der Waals surface area contributed by atoms with Crippen LogP contribution < -0.4 is 5.73 Å². The number of amides is 1. The van der Waals surface area contributed by atoms with Crippen LogP contribution in [0.3, 0.4) is 0 Å². The van der Waals surface area contributed by atoms with Crippen LogP contribution in [0.1, 0.15) is 63.0 Å². The lowest BCUT2D eigenvalue weighted by atomic mass is 10.0. The SMILES string of the molecule is CN(C(=O)CCC(N)c1ccccc1)C1CCCCCC1. The summed E-state index contributed by atoms with van der Waals surface area (Å²) in [7, 11) is 1.96. The third-order valence-electron chi connectivity index (χ3n) is 4.66. The Morgan fingerprint density at radius 2 is 1.81 bits per heavy atom. The van der Waals surface area contributed by atoms with Gasteiger partial charge < -0.3 is 10.6 Å². The van der Waals surface area contributed by atoms with Crippen LogP contribution >= 0.6 is 0 Å². The van der Waals surface area contributed by atoms with E-state index in [1.54, 1.807) is 0 Å². The molecule has 0 aromatic heterocycles. The molecule has 3 nitrogen and oxygen atoms in total. The maximum Gasteiger partial charge on any atom is 0.222 e. The molecule has 1 saturated carbocycles. The van der Waals surface area contributed by atoms with Gasteiger partial charge in [0.05, 0.1) is 0 Å². The molecule has 1 aromatic carbocycles. The molecule has 0 bridgehead atoms. The van der Waals surface area contributed by atoms with Gasteiger partial charge in [-0.3, -0.25) is 4.79 Å². The third kappa shape index (κ3) is 4.85. The van der Waals surface area contributed by atoms with Crippen molar-refractivity contribution in [1.82, 2.24) is 4.90 Å². The van der Waals surface area contributed by atoms with Gasteiger partial charge in [0.1, 0.15) is 0 Å². The molecule has 21 heavy (non-hydrogen) atoms. The minimum absolute atomic E-state index is 0.0438. The largest absolute Gasteiger partial charge is 0.343 e.